The number of hydrogen-bond donors (Lipinski definition) is 1. The third-order valence-corrected chi connectivity index (χ3v) is 2.78. The molecule has 0 unspecified atom stereocenters. The first-order chi connectivity index (χ1) is 7.45. The molecule has 0 amide bonds. The second-order valence-electron chi connectivity index (χ2n) is 4.67. The van der Waals surface area contributed by atoms with Gasteiger partial charge in [-0.15, -0.1) is 0 Å². The van der Waals surface area contributed by atoms with Gasteiger partial charge in [-0.2, -0.15) is 0 Å². The molecule has 0 fully saturated rings. The van der Waals surface area contributed by atoms with Gasteiger partial charge in [-0.1, -0.05) is 38.1 Å². The van der Waals surface area contributed by atoms with E-state index in [1.165, 1.54) is 0 Å². The van der Waals surface area contributed by atoms with E-state index in [0.29, 0.717) is 6.42 Å². The van der Waals surface area contributed by atoms with Gasteiger partial charge in [-0.3, -0.25) is 0 Å². The Balaban J connectivity index is 2.68. The zero-order valence-corrected chi connectivity index (χ0v) is 9.71. The van der Waals surface area contributed by atoms with Crippen molar-refractivity contribution in [1.29, 1.82) is 0 Å². The van der Waals surface area contributed by atoms with E-state index in [9.17, 15) is 13.9 Å². The Morgan fingerprint density at radius 3 is 2.19 bits per heavy atom. The van der Waals surface area contributed by atoms with Crippen LogP contribution in [0.25, 0.3) is 0 Å². The number of aliphatic hydroxyl groups is 1. The third kappa shape index (κ3) is 3.56. The molecule has 0 aromatic heterocycles. The quantitative estimate of drug-likeness (QED) is 0.820. The van der Waals surface area contributed by atoms with E-state index in [1.54, 1.807) is 0 Å². The van der Waals surface area contributed by atoms with Crippen LogP contribution in [0.1, 0.15) is 31.4 Å². The molecule has 0 saturated heterocycles. The molecule has 0 aliphatic rings. The topological polar surface area (TPSA) is 20.2 Å². The van der Waals surface area contributed by atoms with Gasteiger partial charge in [0.1, 0.15) is 0 Å². The molecular weight excluding hydrogens is 210 g/mol. The van der Waals surface area contributed by atoms with Gasteiger partial charge in [-0.05, 0) is 17.5 Å². The molecule has 0 heterocycles. The maximum atomic E-state index is 12.0. The van der Waals surface area contributed by atoms with Crippen molar-refractivity contribution in [3.05, 3.63) is 35.4 Å². The lowest BCUT2D eigenvalue weighted by Gasteiger charge is -2.22. The molecule has 0 aliphatic heterocycles. The third-order valence-electron chi connectivity index (χ3n) is 2.78. The lowest BCUT2D eigenvalue weighted by atomic mass is 9.85. The van der Waals surface area contributed by atoms with Gasteiger partial charge in [0, 0.05) is 11.8 Å². The van der Waals surface area contributed by atoms with Crippen molar-refractivity contribution in [2.45, 2.75) is 38.5 Å². The molecular formula is C13H18F2O. The minimum atomic E-state index is -2.24. The van der Waals surface area contributed by atoms with Gasteiger partial charge in [0.15, 0.2) is 0 Å². The van der Waals surface area contributed by atoms with Crippen molar-refractivity contribution in [2.75, 3.05) is 6.61 Å². The minimum absolute atomic E-state index is 0.0728. The van der Waals surface area contributed by atoms with Crippen LogP contribution in [0, 0.1) is 0 Å². The zero-order valence-electron chi connectivity index (χ0n) is 9.71. The van der Waals surface area contributed by atoms with Crippen LogP contribution in [0.5, 0.6) is 0 Å². The Bertz CT molecular complexity index is 317. The molecule has 0 spiro atoms. The Morgan fingerprint density at radius 1 is 1.19 bits per heavy atom. The van der Waals surface area contributed by atoms with Gasteiger partial charge in [0.05, 0.1) is 6.61 Å². The number of aliphatic hydroxyl groups excluding tert-OH is 1. The van der Waals surface area contributed by atoms with Crippen LogP contribution in [0.2, 0.25) is 0 Å². The van der Waals surface area contributed by atoms with Gasteiger partial charge >= 0.3 is 0 Å². The van der Waals surface area contributed by atoms with Crippen molar-refractivity contribution in [3.63, 3.8) is 0 Å². The smallest absolute Gasteiger partial charge is 0.239 e. The lowest BCUT2D eigenvalue weighted by molar-refractivity contribution is 0.138. The summed E-state index contributed by atoms with van der Waals surface area (Å²) in [5.41, 5.74) is 1.66. The summed E-state index contributed by atoms with van der Waals surface area (Å²) in [6, 6.07) is 7.51. The summed E-state index contributed by atoms with van der Waals surface area (Å²) in [6.07, 6.45) is -1.94. The van der Waals surface area contributed by atoms with Crippen LogP contribution in [0.4, 0.5) is 8.78 Å². The Labute approximate surface area is 95.1 Å². The average molecular weight is 228 g/mol. The molecule has 0 atom stereocenters. The first kappa shape index (κ1) is 13.1. The largest absolute Gasteiger partial charge is 0.395 e. The van der Waals surface area contributed by atoms with E-state index in [2.05, 4.69) is 0 Å². The van der Waals surface area contributed by atoms with Crippen LogP contribution in [0.3, 0.4) is 0 Å². The molecule has 1 aromatic rings. The summed E-state index contributed by atoms with van der Waals surface area (Å²) in [4.78, 5) is 0. The molecule has 1 N–H and O–H groups in total. The number of alkyl halides is 2. The number of benzene rings is 1. The maximum absolute atomic E-state index is 12.0. The molecule has 3 heteroatoms. The van der Waals surface area contributed by atoms with E-state index >= 15 is 0 Å². The van der Waals surface area contributed by atoms with Crippen LogP contribution < -0.4 is 0 Å². The van der Waals surface area contributed by atoms with Gasteiger partial charge in [0.2, 0.25) is 6.43 Å². The monoisotopic (exact) mass is 228 g/mol. The highest BCUT2D eigenvalue weighted by atomic mass is 19.3. The minimum Gasteiger partial charge on any atom is -0.395 e. The van der Waals surface area contributed by atoms with Gasteiger partial charge in [-0.25, -0.2) is 8.78 Å². The predicted octanol–water partition coefficient (Wildman–Crippen LogP) is 3.15. The summed E-state index contributed by atoms with van der Waals surface area (Å²) in [6.45, 7) is 3.96. The second kappa shape index (κ2) is 5.39. The van der Waals surface area contributed by atoms with E-state index in [1.807, 2.05) is 38.1 Å². The van der Waals surface area contributed by atoms with E-state index in [4.69, 9.17) is 0 Å². The molecule has 0 radical (unpaired) electrons. The molecule has 16 heavy (non-hydrogen) atoms. The number of rotatable bonds is 5. The molecule has 1 rings (SSSR count). The first-order valence-corrected chi connectivity index (χ1v) is 5.44. The Morgan fingerprint density at radius 2 is 1.75 bits per heavy atom. The standard InChI is InChI=1S/C13H18F2O/c1-13(2,9-16)11-6-3-10(4-7-11)5-8-12(14)15/h3-4,6-7,12,16H,5,8-9H2,1-2H3. The highest BCUT2D eigenvalue weighted by Crippen LogP contribution is 2.23. The number of halogens is 2. The molecule has 0 aliphatic carbocycles. The summed E-state index contributed by atoms with van der Waals surface area (Å²) in [5, 5.41) is 9.19. The van der Waals surface area contributed by atoms with Crippen molar-refractivity contribution in [3.8, 4) is 0 Å². The normalized spacial score (nSPS) is 12.1. The fourth-order valence-corrected chi connectivity index (χ4v) is 1.49. The molecule has 1 nitrogen and oxygen atoms in total. The maximum Gasteiger partial charge on any atom is 0.239 e. The highest BCUT2D eigenvalue weighted by Gasteiger charge is 2.18. The molecule has 0 saturated carbocycles. The predicted molar refractivity (Wildman–Crippen MR) is 60.9 cm³/mol. The van der Waals surface area contributed by atoms with Crippen molar-refractivity contribution < 1.29 is 13.9 Å². The summed E-state index contributed by atoms with van der Waals surface area (Å²) < 4.78 is 24.0. The molecule has 0 bridgehead atoms. The van der Waals surface area contributed by atoms with E-state index < -0.39 is 6.43 Å². The SMILES string of the molecule is CC(C)(CO)c1ccc(CCC(F)F)cc1. The van der Waals surface area contributed by atoms with Gasteiger partial charge < -0.3 is 5.11 Å². The number of hydrogen-bond acceptors (Lipinski definition) is 1. The fraction of sp³-hybridized carbons (Fsp3) is 0.538. The van der Waals surface area contributed by atoms with Crippen molar-refractivity contribution >= 4 is 0 Å². The number of aryl methyl sites for hydroxylation is 1. The van der Waals surface area contributed by atoms with E-state index in [-0.39, 0.29) is 18.4 Å². The lowest BCUT2D eigenvalue weighted by Crippen LogP contribution is -2.21. The van der Waals surface area contributed by atoms with Crippen LogP contribution in [-0.2, 0) is 11.8 Å². The summed E-state index contributed by atoms with van der Waals surface area (Å²) in [5.74, 6) is 0. The first-order valence-electron chi connectivity index (χ1n) is 5.44. The van der Waals surface area contributed by atoms with Crippen LogP contribution in [-0.4, -0.2) is 18.1 Å². The highest BCUT2D eigenvalue weighted by molar-refractivity contribution is 5.28. The zero-order chi connectivity index (χ0) is 12.2. The summed E-state index contributed by atoms with van der Waals surface area (Å²) in [7, 11) is 0. The average Bonchev–Trinajstić information content (AvgIpc) is 2.27. The van der Waals surface area contributed by atoms with Crippen molar-refractivity contribution in [2.24, 2.45) is 0 Å². The Hall–Kier alpha value is -0.960. The van der Waals surface area contributed by atoms with E-state index in [0.717, 1.165) is 11.1 Å². The second-order valence-corrected chi connectivity index (χ2v) is 4.67. The van der Waals surface area contributed by atoms with Crippen molar-refractivity contribution in [1.82, 2.24) is 0 Å². The fourth-order valence-electron chi connectivity index (χ4n) is 1.49. The Kier molecular flexibility index (Phi) is 4.42. The molecule has 90 valence electrons. The van der Waals surface area contributed by atoms with Gasteiger partial charge in [0.25, 0.3) is 0 Å². The van der Waals surface area contributed by atoms with Crippen LogP contribution >= 0.6 is 0 Å². The molecule has 1 aromatic carbocycles. The summed E-state index contributed by atoms with van der Waals surface area (Å²) >= 11 is 0. The van der Waals surface area contributed by atoms with Crippen LogP contribution in [0.15, 0.2) is 24.3 Å².